The second-order valence-corrected chi connectivity index (χ2v) is 6.82. The molecule has 3 rings (SSSR count). The predicted molar refractivity (Wildman–Crippen MR) is 86.4 cm³/mol. The Kier molecular flexibility index (Phi) is 4.40. The number of hydrogen-bond donors (Lipinski definition) is 0. The molecule has 0 saturated heterocycles. The Morgan fingerprint density at radius 3 is 2.73 bits per heavy atom. The van der Waals surface area contributed by atoms with Crippen molar-refractivity contribution < 1.29 is 14.2 Å². The van der Waals surface area contributed by atoms with E-state index in [1.807, 2.05) is 6.07 Å². The first-order valence-corrected chi connectivity index (χ1v) is 8.09. The zero-order valence-corrected chi connectivity index (χ0v) is 13.8. The van der Waals surface area contributed by atoms with Crippen molar-refractivity contribution in [3.63, 3.8) is 0 Å². The summed E-state index contributed by atoms with van der Waals surface area (Å²) in [7, 11) is 1.74. The molecule has 0 bridgehead atoms. The maximum Gasteiger partial charge on any atom is 0.172 e. The average molecular weight is 302 g/mol. The van der Waals surface area contributed by atoms with Gasteiger partial charge in [-0.25, -0.2) is 0 Å². The summed E-state index contributed by atoms with van der Waals surface area (Å²) < 4.78 is 17.5. The van der Waals surface area contributed by atoms with Gasteiger partial charge in [-0.1, -0.05) is 48.9 Å². The number of fused-ring (bicyclic) bond motifs is 1. The second-order valence-electron chi connectivity index (χ2n) is 6.82. The van der Waals surface area contributed by atoms with Gasteiger partial charge in [0.1, 0.15) is 0 Å². The van der Waals surface area contributed by atoms with Gasteiger partial charge < -0.3 is 14.2 Å². The van der Waals surface area contributed by atoms with E-state index in [4.69, 9.17) is 14.2 Å². The van der Waals surface area contributed by atoms with Crippen molar-refractivity contribution in [3.8, 4) is 0 Å². The average Bonchev–Trinajstić information content (AvgIpc) is 2.88. The molecule has 0 radical (unpaired) electrons. The van der Waals surface area contributed by atoms with Gasteiger partial charge in [-0.05, 0) is 25.3 Å². The van der Waals surface area contributed by atoms with Crippen LogP contribution in [0.1, 0.15) is 32.3 Å². The predicted octanol–water partition coefficient (Wildman–Crippen LogP) is 3.94. The van der Waals surface area contributed by atoms with Crippen molar-refractivity contribution in [2.45, 2.75) is 39.1 Å². The van der Waals surface area contributed by atoms with Crippen LogP contribution >= 0.6 is 0 Å². The van der Waals surface area contributed by atoms with E-state index < -0.39 is 5.79 Å². The van der Waals surface area contributed by atoms with Crippen LogP contribution in [0, 0.1) is 11.3 Å². The molecule has 120 valence electrons. The van der Waals surface area contributed by atoms with Crippen LogP contribution in [-0.4, -0.2) is 26.1 Å². The van der Waals surface area contributed by atoms with Crippen LogP contribution in [0.3, 0.4) is 0 Å². The molecule has 1 fully saturated rings. The summed E-state index contributed by atoms with van der Waals surface area (Å²) in [4.78, 5) is 0. The van der Waals surface area contributed by atoms with E-state index in [1.165, 1.54) is 11.1 Å². The monoisotopic (exact) mass is 302 g/mol. The third kappa shape index (κ3) is 2.85. The lowest BCUT2D eigenvalue weighted by molar-refractivity contribution is -0.234. The molecule has 1 aliphatic heterocycles. The fourth-order valence-corrected chi connectivity index (χ4v) is 3.84. The van der Waals surface area contributed by atoms with Gasteiger partial charge in [0.2, 0.25) is 0 Å². The van der Waals surface area contributed by atoms with Crippen molar-refractivity contribution in [1.82, 2.24) is 0 Å². The second kappa shape index (κ2) is 6.15. The molecule has 1 saturated carbocycles. The lowest BCUT2D eigenvalue weighted by Crippen LogP contribution is -2.43. The van der Waals surface area contributed by atoms with Gasteiger partial charge >= 0.3 is 0 Å². The van der Waals surface area contributed by atoms with Crippen molar-refractivity contribution in [3.05, 3.63) is 47.5 Å². The highest BCUT2D eigenvalue weighted by atomic mass is 16.7. The van der Waals surface area contributed by atoms with Crippen molar-refractivity contribution in [2.75, 3.05) is 20.3 Å². The molecular formula is C19H26O3. The van der Waals surface area contributed by atoms with E-state index in [0.717, 1.165) is 19.4 Å². The summed E-state index contributed by atoms with van der Waals surface area (Å²) in [5.41, 5.74) is 2.78. The molecule has 0 unspecified atom stereocenters. The topological polar surface area (TPSA) is 27.7 Å². The van der Waals surface area contributed by atoms with E-state index in [2.05, 4.69) is 44.2 Å². The highest BCUT2D eigenvalue weighted by molar-refractivity contribution is 5.26. The zero-order chi connectivity index (χ0) is 15.6. The zero-order valence-electron chi connectivity index (χ0n) is 13.8. The molecule has 1 aliphatic carbocycles. The van der Waals surface area contributed by atoms with Crippen molar-refractivity contribution in [2.24, 2.45) is 11.3 Å². The molecule has 1 aromatic rings. The van der Waals surface area contributed by atoms with E-state index in [0.29, 0.717) is 19.1 Å². The standard InChI is InChI=1S/C19H26O3/c1-18(14-21-13-15-7-5-4-6-8-15)11-9-17-16(18)10-12-22-19(17,2)20-3/h4-8,10,17H,9,11-14H2,1-3H3/t17-,18+,19+/m1/s1. The molecular weight excluding hydrogens is 276 g/mol. The Hall–Kier alpha value is -1.16. The number of hydrogen-bond acceptors (Lipinski definition) is 3. The molecule has 1 heterocycles. The minimum atomic E-state index is -0.485. The molecule has 3 atom stereocenters. The van der Waals surface area contributed by atoms with Crippen LogP contribution < -0.4 is 0 Å². The third-order valence-electron chi connectivity index (χ3n) is 5.30. The quantitative estimate of drug-likeness (QED) is 0.771. The minimum Gasteiger partial charge on any atom is -0.376 e. The highest BCUT2D eigenvalue weighted by Gasteiger charge is 2.50. The molecule has 22 heavy (non-hydrogen) atoms. The number of benzene rings is 1. The van der Waals surface area contributed by atoms with Crippen molar-refractivity contribution >= 4 is 0 Å². The summed E-state index contributed by atoms with van der Waals surface area (Å²) in [6, 6.07) is 10.4. The summed E-state index contributed by atoms with van der Waals surface area (Å²) in [6.45, 7) is 6.42. The number of ether oxygens (including phenoxy) is 3. The Morgan fingerprint density at radius 1 is 1.23 bits per heavy atom. The number of rotatable bonds is 5. The Balaban J connectivity index is 1.65. The molecule has 0 N–H and O–H groups in total. The Labute approximate surface area is 133 Å². The first-order valence-electron chi connectivity index (χ1n) is 8.09. The fraction of sp³-hybridized carbons (Fsp3) is 0.579. The lowest BCUT2D eigenvalue weighted by Gasteiger charge is -2.40. The maximum absolute atomic E-state index is 6.03. The van der Waals surface area contributed by atoms with Crippen molar-refractivity contribution in [1.29, 1.82) is 0 Å². The van der Waals surface area contributed by atoms with Gasteiger partial charge in [0, 0.05) is 18.4 Å². The molecule has 3 nitrogen and oxygen atoms in total. The first kappa shape index (κ1) is 15.7. The largest absolute Gasteiger partial charge is 0.376 e. The number of methoxy groups -OCH3 is 1. The molecule has 0 aromatic heterocycles. The SMILES string of the molecule is CO[C@@]1(C)OCC=C2[C@H]1CC[C@@]2(C)COCc1ccccc1. The summed E-state index contributed by atoms with van der Waals surface area (Å²) in [5, 5.41) is 0. The normalized spacial score (nSPS) is 34.3. The fourth-order valence-electron chi connectivity index (χ4n) is 3.84. The van der Waals surface area contributed by atoms with Gasteiger partial charge in [-0.3, -0.25) is 0 Å². The first-order chi connectivity index (χ1) is 10.6. The van der Waals surface area contributed by atoms with E-state index in [9.17, 15) is 0 Å². The van der Waals surface area contributed by atoms with Gasteiger partial charge in [-0.2, -0.15) is 0 Å². The Morgan fingerprint density at radius 2 is 2.00 bits per heavy atom. The van der Waals surface area contributed by atoms with E-state index >= 15 is 0 Å². The van der Waals surface area contributed by atoms with Crippen LogP contribution in [0.15, 0.2) is 42.0 Å². The maximum atomic E-state index is 6.03. The van der Waals surface area contributed by atoms with Crippen LogP contribution in [0.2, 0.25) is 0 Å². The highest BCUT2D eigenvalue weighted by Crippen LogP contribution is 2.53. The van der Waals surface area contributed by atoms with Crippen LogP contribution in [0.4, 0.5) is 0 Å². The summed E-state index contributed by atoms with van der Waals surface area (Å²) in [6.07, 6.45) is 4.46. The van der Waals surface area contributed by atoms with Gasteiger partial charge in [-0.15, -0.1) is 0 Å². The van der Waals surface area contributed by atoms with Gasteiger partial charge in [0.15, 0.2) is 5.79 Å². The minimum absolute atomic E-state index is 0.100. The summed E-state index contributed by atoms with van der Waals surface area (Å²) >= 11 is 0. The molecule has 2 aliphatic rings. The lowest BCUT2D eigenvalue weighted by atomic mass is 9.80. The summed E-state index contributed by atoms with van der Waals surface area (Å²) in [5.74, 6) is -0.141. The van der Waals surface area contributed by atoms with Crippen LogP contribution in [0.5, 0.6) is 0 Å². The van der Waals surface area contributed by atoms with E-state index in [1.54, 1.807) is 7.11 Å². The molecule has 3 heteroatoms. The smallest absolute Gasteiger partial charge is 0.172 e. The van der Waals surface area contributed by atoms with Gasteiger partial charge in [0.05, 0.1) is 19.8 Å². The molecule has 0 amide bonds. The van der Waals surface area contributed by atoms with Gasteiger partial charge in [0.25, 0.3) is 0 Å². The molecule has 0 spiro atoms. The van der Waals surface area contributed by atoms with E-state index in [-0.39, 0.29) is 5.41 Å². The van der Waals surface area contributed by atoms with Crippen LogP contribution in [-0.2, 0) is 20.8 Å². The van der Waals surface area contributed by atoms with Crippen LogP contribution in [0.25, 0.3) is 0 Å². The Bertz CT molecular complexity index is 539. The molecule has 1 aromatic carbocycles. The third-order valence-corrected chi connectivity index (χ3v) is 5.30.